The second-order valence-corrected chi connectivity index (χ2v) is 7.50. The van der Waals surface area contributed by atoms with Crippen LogP contribution in [0.3, 0.4) is 0 Å². The smallest absolute Gasteiger partial charge is 0.231 e. The number of nitrogens with one attached hydrogen (secondary N) is 1. The molecule has 150 valence electrons. The largest absolute Gasteiger partial charge is 0.368 e. The predicted octanol–water partition coefficient (Wildman–Crippen LogP) is 2.67. The first kappa shape index (κ1) is 18.1. The Bertz CT molecular complexity index is 944. The number of halogens is 1. The number of nitrogens with zero attached hydrogens (tertiary/aromatic N) is 5. The summed E-state index contributed by atoms with van der Waals surface area (Å²) in [7, 11) is 0. The van der Waals surface area contributed by atoms with Crippen LogP contribution in [0.1, 0.15) is 18.2 Å². The Morgan fingerprint density at radius 2 is 1.79 bits per heavy atom. The summed E-state index contributed by atoms with van der Waals surface area (Å²) in [6.07, 6.45) is 2.84. The van der Waals surface area contributed by atoms with Crippen LogP contribution in [0.25, 0.3) is 11.4 Å². The van der Waals surface area contributed by atoms with Gasteiger partial charge in [0, 0.05) is 50.2 Å². The van der Waals surface area contributed by atoms with Crippen molar-refractivity contribution in [2.24, 2.45) is 0 Å². The van der Waals surface area contributed by atoms with E-state index in [4.69, 9.17) is 4.52 Å². The lowest BCUT2D eigenvalue weighted by molar-refractivity contribution is 0.359. The van der Waals surface area contributed by atoms with Gasteiger partial charge in [0.05, 0.1) is 5.92 Å². The van der Waals surface area contributed by atoms with Gasteiger partial charge in [-0.1, -0.05) is 5.16 Å². The third kappa shape index (κ3) is 3.80. The number of rotatable bonds is 4. The fourth-order valence-corrected chi connectivity index (χ4v) is 3.93. The summed E-state index contributed by atoms with van der Waals surface area (Å²) in [5, 5.41) is 7.44. The van der Waals surface area contributed by atoms with Gasteiger partial charge in [-0.2, -0.15) is 4.98 Å². The van der Waals surface area contributed by atoms with Crippen molar-refractivity contribution in [3.8, 4) is 11.4 Å². The summed E-state index contributed by atoms with van der Waals surface area (Å²) in [6, 6.07) is 10.7. The van der Waals surface area contributed by atoms with E-state index in [1.165, 1.54) is 12.1 Å². The van der Waals surface area contributed by atoms with Gasteiger partial charge < -0.3 is 19.6 Å². The molecule has 1 N–H and O–H groups in total. The minimum atomic E-state index is -0.203. The van der Waals surface area contributed by atoms with Crippen LogP contribution in [0.2, 0.25) is 0 Å². The van der Waals surface area contributed by atoms with Gasteiger partial charge in [0.1, 0.15) is 11.6 Å². The summed E-state index contributed by atoms with van der Waals surface area (Å²) in [5.41, 5.74) is 1.92. The van der Waals surface area contributed by atoms with Gasteiger partial charge in [-0.3, -0.25) is 0 Å². The fraction of sp³-hybridized carbons (Fsp3) is 0.381. The molecule has 7 nitrogen and oxygen atoms in total. The fourth-order valence-electron chi connectivity index (χ4n) is 3.93. The molecule has 5 rings (SSSR count). The van der Waals surface area contributed by atoms with Crippen molar-refractivity contribution in [3.05, 3.63) is 54.3 Å². The van der Waals surface area contributed by atoms with E-state index in [-0.39, 0.29) is 5.82 Å². The lowest BCUT2D eigenvalue weighted by Gasteiger charge is -2.36. The molecule has 2 fully saturated rings. The molecule has 8 heteroatoms. The third-order valence-corrected chi connectivity index (χ3v) is 5.65. The van der Waals surface area contributed by atoms with Crippen LogP contribution in [0.4, 0.5) is 15.9 Å². The number of pyridine rings is 1. The van der Waals surface area contributed by atoms with Gasteiger partial charge in [-0.25, -0.2) is 9.37 Å². The van der Waals surface area contributed by atoms with Crippen molar-refractivity contribution in [2.45, 2.75) is 12.3 Å². The van der Waals surface area contributed by atoms with Gasteiger partial charge in [0.15, 0.2) is 0 Å². The highest BCUT2D eigenvalue weighted by molar-refractivity contribution is 5.56. The van der Waals surface area contributed by atoms with E-state index in [9.17, 15) is 4.39 Å². The molecule has 1 aromatic carbocycles. The standard InChI is InChI=1S/C21H23FN6O/c22-17-2-4-18(5-3-17)27-9-11-28(12-10-27)19-6-1-15(14-24-19)20-25-21(29-26-20)16-7-8-23-13-16/h1-6,14,16,23H,7-13H2/t16-/m1/s1. The van der Waals surface area contributed by atoms with Crippen molar-refractivity contribution in [3.63, 3.8) is 0 Å². The average molecular weight is 394 g/mol. The lowest BCUT2D eigenvalue weighted by Crippen LogP contribution is -2.46. The molecule has 1 atom stereocenters. The van der Waals surface area contributed by atoms with E-state index in [1.807, 2.05) is 30.5 Å². The summed E-state index contributed by atoms with van der Waals surface area (Å²) in [4.78, 5) is 13.7. The number of aromatic nitrogens is 3. The second kappa shape index (κ2) is 7.79. The number of benzene rings is 1. The maximum Gasteiger partial charge on any atom is 0.231 e. The van der Waals surface area contributed by atoms with Crippen molar-refractivity contribution in [1.29, 1.82) is 0 Å². The van der Waals surface area contributed by atoms with Gasteiger partial charge in [0.25, 0.3) is 0 Å². The minimum Gasteiger partial charge on any atom is -0.368 e. The first-order valence-corrected chi connectivity index (χ1v) is 10.0. The lowest BCUT2D eigenvalue weighted by atomic mass is 10.1. The average Bonchev–Trinajstić information content (AvgIpc) is 3.47. The zero-order valence-electron chi connectivity index (χ0n) is 16.1. The zero-order valence-corrected chi connectivity index (χ0v) is 16.1. The zero-order chi connectivity index (χ0) is 19.6. The first-order chi connectivity index (χ1) is 14.3. The van der Waals surface area contributed by atoms with E-state index in [1.54, 1.807) is 0 Å². The Morgan fingerprint density at radius 3 is 2.48 bits per heavy atom. The minimum absolute atomic E-state index is 0.203. The van der Waals surface area contributed by atoms with Crippen LogP contribution in [-0.2, 0) is 0 Å². The molecule has 2 aromatic heterocycles. The maximum absolute atomic E-state index is 13.1. The van der Waals surface area contributed by atoms with E-state index in [0.717, 1.165) is 62.8 Å². The van der Waals surface area contributed by atoms with Crippen molar-refractivity contribution in [1.82, 2.24) is 20.4 Å². The monoisotopic (exact) mass is 394 g/mol. The molecule has 0 spiro atoms. The van der Waals surface area contributed by atoms with Gasteiger partial charge in [0.2, 0.25) is 11.7 Å². The molecule has 2 aliphatic rings. The molecule has 0 saturated carbocycles. The molecule has 0 aliphatic carbocycles. The SMILES string of the molecule is Fc1ccc(N2CCN(c3ccc(-c4noc([C@@H]5CCNC5)n4)cn3)CC2)cc1. The molecular formula is C21H23FN6O. The maximum atomic E-state index is 13.1. The number of hydrogen-bond donors (Lipinski definition) is 1. The highest BCUT2D eigenvalue weighted by atomic mass is 19.1. The summed E-state index contributed by atoms with van der Waals surface area (Å²) >= 11 is 0. The Hall–Kier alpha value is -3.00. The summed E-state index contributed by atoms with van der Waals surface area (Å²) < 4.78 is 18.6. The van der Waals surface area contributed by atoms with E-state index < -0.39 is 0 Å². The topological polar surface area (TPSA) is 70.3 Å². The molecule has 0 amide bonds. The van der Waals surface area contributed by atoms with Crippen LogP contribution >= 0.6 is 0 Å². The Morgan fingerprint density at radius 1 is 1.00 bits per heavy atom. The quantitative estimate of drug-likeness (QED) is 0.730. The van der Waals surface area contributed by atoms with Crippen molar-refractivity contribution in [2.75, 3.05) is 49.1 Å². The molecule has 3 aromatic rings. The number of piperazine rings is 1. The van der Waals surface area contributed by atoms with Crippen LogP contribution in [0.5, 0.6) is 0 Å². The Balaban J connectivity index is 1.22. The third-order valence-electron chi connectivity index (χ3n) is 5.65. The second-order valence-electron chi connectivity index (χ2n) is 7.50. The molecule has 2 aliphatic heterocycles. The van der Waals surface area contributed by atoms with Gasteiger partial charge >= 0.3 is 0 Å². The van der Waals surface area contributed by atoms with E-state index >= 15 is 0 Å². The predicted molar refractivity (Wildman–Crippen MR) is 109 cm³/mol. The van der Waals surface area contributed by atoms with Crippen LogP contribution in [0.15, 0.2) is 47.1 Å². The number of hydrogen-bond acceptors (Lipinski definition) is 7. The normalized spacial score (nSPS) is 19.7. The Kier molecular flexibility index (Phi) is 4.85. The van der Waals surface area contributed by atoms with Crippen molar-refractivity contribution >= 4 is 11.5 Å². The summed E-state index contributed by atoms with van der Waals surface area (Å²) in [5.74, 6) is 2.33. The van der Waals surface area contributed by atoms with Crippen LogP contribution in [-0.4, -0.2) is 54.4 Å². The molecule has 0 radical (unpaired) electrons. The highest BCUT2D eigenvalue weighted by Gasteiger charge is 2.23. The Labute approximate surface area is 168 Å². The van der Waals surface area contributed by atoms with E-state index in [2.05, 4.69) is 30.2 Å². The first-order valence-electron chi connectivity index (χ1n) is 10.0. The molecule has 0 bridgehead atoms. The molecular weight excluding hydrogens is 371 g/mol. The van der Waals surface area contributed by atoms with Crippen LogP contribution in [0, 0.1) is 5.82 Å². The number of anilines is 2. The van der Waals surface area contributed by atoms with Crippen molar-refractivity contribution < 1.29 is 8.91 Å². The molecule has 29 heavy (non-hydrogen) atoms. The van der Waals surface area contributed by atoms with Gasteiger partial charge in [-0.15, -0.1) is 0 Å². The molecule has 0 unspecified atom stereocenters. The molecule has 4 heterocycles. The molecule has 2 saturated heterocycles. The highest BCUT2D eigenvalue weighted by Crippen LogP contribution is 2.25. The summed E-state index contributed by atoms with van der Waals surface area (Å²) in [6.45, 7) is 5.36. The van der Waals surface area contributed by atoms with E-state index in [0.29, 0.717) is 17.6 Å². The van der Waals surface area contributed by atoms with Crippen LogP contribution < -0.4 is 15.1 Å². The van der Waals surface area contributed by atoms with Gasteiger partial charge in [-0.05, 0) is 49.4 Å².